The van der Waals surface area contributed by atoms with E-state index in [0.717, 1.165) is 0 Å². The first-order valence-corrected chi connectivity index (χ1v) is 4.32. The highest BCUT2D eigenvalue weighted by Gasteiger charge is 2.04. The van der Waals surface area contributed by atoms with Crippen LogP contribution in [0.5, 0.6) is 0 Å². The minimum Gasteiger partial charge on any atom is -0.392 e. The topological polar surface area (TPSA) is 20.2 Å². The molecular weight excluding hydrogens is 214 g/mol. The molecule has 4 heteroatoms. The maximum Gasteiger partial charge on any atom is 0.126 e. The van der Waals surface area contributed by atoms with Crippen molar-refractivity contribution >= 4 is 29.3 Å². The molecule has 0 atom stereocenters. The molecule has 0 aromatic heterocycles. The molecule has 0 amide bonds. The lowest BCUT2D eigenvalue weighted by atomic mass is 10.2. The van der Waals surface area contributed by atoms with Gasteiger partial charge in [-0.3, -0.25) is 0 Å². The van der Waals surface area contributed by atoms with Gasteiger partial charge >= 0.3 is 0 Å². The largest absolute Gasteiger partial charge is 0.392 e. The molecule has 1 aromatic carbocycles. The second kappa shape index (κ2) is 4.61. The lowest BCUT2D eigenvalue weighted by molar-refractivity contribution is 0.343. The Morgan fingerprint density at radius 2 is 1.85 bits per heavy atom. The molecule has 0 bridgehead atoms. The second-order valence-corrected chi connectivity index (χ2v) is 3.18. The van der Waals surface area contributed by atoms with E-state index < -0.39 is 5.82 Å². The quantitative estimate of drug-likeness (QED) is 0.813. The number of halogens is 3. The zero-order valence-corrected chi connectivity index (χ0v) is 8.11. The molecule has 0 aliphatic heterocycles. The van der Waals surface area contributed by atoms with Gasteiger partial charge in [-0.2, -0.15) is 0 Å². The maximum absolute atomic E-state index is 12.7. The SMILES string of the molecule is OCC=Cc1c(Cl)cc(F)cc1Cl. The Morgan fingerprint density at radius 3 is 2.31 bits per heavy atom. The van der Waals surface area contributed by atoms with Crippen molar-refractivity contribution in [1.82, 2.24) is 0 Å². The Bertz CT molecular complexity index is 313. The molecule has 1 aromatic rings. The van der Waals surface area contributed by atoms with Crippen molar-refractivity contribution in [2.75, 3.05) is 6.61 Å². The number of benzene rings is 1. The normalized spacial score (nSPS) is 11.1. The zero-order valence-electron chi connectivity index (χ0n) is 6.60. The summed E-state index contributed by atoms with van der Waals surface area (Å²) in [5.41, 5.74) is 0.513. The maximum atomic E-state index is 12.7. The van der Waals surface area contributed by atoms with Crippen molar-refractivity contribution in [2.45, 2.75) is 0 Å². The van der Waals surface area contributed by atoms with E-state index in [1.807, 2.05) is 0 Å². The Balaban J connectivity index is 3.13. The highest BCUT2D eigenvalue weighted by atomic mass is 35.5. The fourth-order valence-electron chi connectivity index (χ4n) is 0.883. The van der Waals surface area contributed by atoms with Gasteiger partial charge in [0.25, 0.3) is 0 Å². The number of rotatable bonds is 2. The molecule has 0 unspecified atom stereocenters. The van der Waals surface area contributed by atoms with E-state index in [-0.39, 0.29) is 16.7 Å². The lowest BCUT2D eigenvalue weighted by Crippen LogP contribution is -1.82. The molecule has 1 rings (SSSR count). The number of aliphatic hydroxyl groups is 1. The zero-order chi connectivity index (χ0) is 9.84. The van der Waals surface area contributed by atoms with E-state index in [1.165, 1.54) is 18.2 Å². The highest BCUT2D eigenvalue weighted by molar-refractivity contribution is 6.37. The minimum absolute atomic E-state index is 0.107. The molecule has 13 heavy (non-hydrogen) atoms. The summed E-state index contributed by atoms with van der Waals surface area (Å²) in [6, 6.07) is 2.34. The van der Waals surface area contributed by atoms with Crippen molar-refractivity contribution in [3.8, 4) is 0 Å². The van der Waals surface area contributed by atoms with Gasteiger partial charge in [0.1, 0.15) is 5.82 Å². The van der Waals surface area contributed by atoms with Gasteiger partial charge in [-0.25, -0.2) is 4.39 Å². The van der Waals surface area contributed by atoms with Crippen LogP contribution in [0, 0.1) is 5.82 Å². The van der Waals surface area contributed by atoms with Crippen LogP contribution in [-0.2, 0) is 0 Å². The van der Waals surface area contributed by atoms with Gasteiger partial charge in [-0.05, 0) is 12.1 Å². The monoisotopic (exact) mass is 220 g/mol. The second-order valence-electron chi connectivity index (χ2n) is 2.37. The average Bonchev–Trinajstić information content (AvgIpc) is 2.02. The predicted molar refractivity (Wildman–Crippen MR) is 52.5 cm³/mol. The number of hydrogen-bond acceptors (Lipinski definition) is 1. The fraction of sp³-hybridized carbons (Fsp3) is 0.111. The van der Waals surface area contributed by atoms with E-state index in [9.17, 15) is 4.39 Å². The van der Waals surface area contributed by atoms with Gasteiger partial charge in [0.05, 0.1) is 16.7 Å². The van der Waals surface area contributed by atoms with Crippen LogP contribution >= 0.6 is 23.2 Å². The molecular formula is C9H7Cl2FO. The van der Waals surface area contributed by atoms with Crippen LogP contribution in [0.4, 0.5) is 4.39 Å². The summed E-state index contributed by atoms with van der Waals surface area (Å²) in [6.07, 6.45) is 3.02. The average molecular weight is 221 g/mol. The van der Waals surface area contributed by atoms with Gasteiger partial charge in [-0.1, -0.05) is 35.4 Å². The first-order valence-electron chi connectivity index (χ1n) is 3.57. The number of hydrogen-bond donors (Lipinski definition) is 1. The number of aliphatic hydroxyl groups excluding tert-OH is 1. The third kappa shape index (κ3) is 2.69. The summed E-state index contributed by atoms with van der Waals surface area (Å²) in [5, 5.41) is 8.98. The van der Waals surface area contributed by atoms with Crippen LogP contribution in [0.15, 0.2) is 18.2 Å². The Kier molecular flexibility index (Phi) is 3.72. The van der Waals surface area contributed by atoms with Gasteiger partial charge < -0.3 is 5.11 Å². The smallest absolute Gasteiger partial charge is 0.126 e. The predicted octanol–water partition coefficient (Wildman–Crippen LogP) is 3.14. The third-order valence-electron chi connectivity index (χ3n) is 1.43. The highest BCUT2D eigenvalue weighted by Crippen LogP contribution is 2.27. The summed E-state index contributed by atoms with van der Waals surface area (Å²) in [5.74, 6) is -0.476. The first-order chi connectivity index (χ1) is 6.15. The van der Waals surface area contributed by atoms with Crippen molar-refractivity contribution in [1.29, 1.82) is 0 Å². The van der Waals surface area contributed by atoms with Crippen molar-refractivity contribution in [2.24, 2.45) is 0 Å². The molecule has 1 N–H and O–H groups in total. The van der Waals surface area contributed by atoms with Gasteiger partial charge in [0.2, 0.25) is 0 Å². The van der Waals surface area contributed by atoms with Crippen LogP contribution in [0.1, 0.15) is 5.56 Å². The molecule has 0 aliphatic carbocycles. The third-order valence-corrected chi connectivity index (χ3v) is 2.06. The van der Waals surface area contributed by atoms with Gasteiger partial charge in [0.15, 0.2) is 0 Å². The molecule has 0 heterocycles. The molecule has 0 spiro atoms. The summed E-state index contributed by atoms with van der Waals surface area (Å²) < 4.78 is 12.7. The molecule has 0 fully saturated rings. The van der Waals surface area contributed by atoms with Crippen LogP contribution in [0.25, 0.3) is 6.08 Å². The van der Waals surface area contributed by atoms with Gasteiger partial charge in [-0.15, -0.1) is 0 Å². The fourth-order valence-corrected chi connectivity index (χ4v) is 1.47. The van der Waals surface area contributed by atoms with E-state index in [4.69, 9.17) is 28.3 Å². The van der Waals surface area contributed by atoms with Crippen molar-refractivity contribution < 1.29 is 9.50 Å². The van der Waals surface area contributed by atoms with E-state index in [2.05, 4.69) is 0 Å². The Morgan fingerprint density at radius 1 is 1.31 bits per heavy atom. The molecule has 0 aliphatic rings. The van der Waals surface area contributed by atoms with Crippen LogP contribution in [0.3, 0.4) is 0 Å². The lowest BCUT2D eigenvalue weighted by Gasteiger charge is -2.01. The minimum atomic E-state index is -0.476. The van der Waals surface area contributed by atoms with Crippen molar-refractivity contribution in [3.63, 3.8) is 0 Å². The summed E-state index contributed by atoms with van der Waals surface area (Å²) >= 11 is 11.4. The Hall–Kier alpha value is -0.570. The van der Waals surface area contributed by atoms with Gasteiger partial charge in [0, 0.05) is 5.56 Å². The molecule has 0 saturated carbocycles. The molecule has 0 saturated heterocycles. The van der Waals surface area contributed by atoms with Crippen LogP contribution in [-0.4, -0.2) is 11.7 Å². The molecule has 0 radical (unpaired) electrons. The van der Waals surface area contributed by atoms with Crippen LogP contribution < -0.4 is 0 Å². The van der Waals surface area contributed by atoms with E-state index >= 15 is 0 Å². The van der Waals surface area contributed by atoms with Crippen LogP contribution in [0.2, 0.25) is 10.0 Å². The van der Waals surface area contributed by atoms with E-state index in [0.29, 0.717) is 5.56 Å². The standard InChI is InChI=1S/C9H7Cl2FO/c10-8-4-6(12)5-9(11)7(8)2-1-3-13/h1-2,4-5,13H,3H2. The first kappa shape index (κ1) is 10.5. The summed E-state index contributed by atoms with van der Waals surface area (Å²) in [4.78, 5) is 0. The van der Waals surface area contributed by atoms with E-state index in [1.54, 1.807) is 6.08 Å². The molecule has 1 nitrogen and oxygen atoms in total. The molecule has 70 valence electrons. The Labute approximate surface area is 85.4 Å². The summed E-state index contributed by atoms with van der Waals surface area (Å²) in [6.45, 7) is -0.107. The summed E-state index contributed by atoms with van der Waals surface area (Å²) in [7, 11) is 0. The van der Waals surface area contributed by atoms with Crippen molar-refractivity contribution in [3.05, 3.63) is 39.6 Å².